The van der Waals surface area contributed by atoms with Crippen molar-refractivity contribution < 1.29 is 29.6 Å². The van der Waals surface area contributed by atoms with E-state index in [-0.39, 0.29) is 29.6 Å². The fourth-order valence-corrected chi connectivity index (χ4v) is 0.683. The fraction of sp³-hybridized carbons (Fsp3) is 0.333. The van der Waals surface area contributed by atoms with E-state index in [9.17, 15) is 0 Å². The van der Waals surface area contributed by atoms with Gasteiger partial charge in [0.1, 0.15) is 11.6 Å². The van der Waals surface area contributed by atoms with Gasteiger partial charge in [0, 0.05) is 0 Å². The summed E-state index contributed by atoms with van der Waals surface area (Å²) in [6, 6.07) is 0. The Labute approximate surface area is 82.6 Å². The second-order valence-corrected chi connectivity index (χ2v) is 1.85. The second kappa shape index (κ2) is 3.91. The van der Waals surface area contributed by atoms with Crippen molar-refractivity contribution >= 4 is 0 Å². The second-order valence-electron chi connectivity index (χ2n) is 1.85. The number of rotatable bonds is 0. The monoisotopic (exact) mass is 145 g/mol. The largest absolute Gasteiger partial charge is 1.00 e. The molecular weight excluding hydrogens is 137 g/mol. The van der Waals surface area contributed by atoms with E-state index in [0.29, 0.717) is 5.82 Å². The van der Waals surface area contributed by atoms with Gasteiger partial charge in [0.15, 0.2) is 0 Å². The van der Waals surface area contributed by atoms with Crippen molar-refractivity contribution in [2.75, 3.05) is 0 Å². The van der Waals surface area contributed by atoms with Crippen LogP contribution in [0.4, 0.5) is 0 Å². The Bertz CT molecular complexity index is 174. The van der Waals surface area contributed by atoms with Gasteiger partial charge in [-0.2, -0.15) is 0 Å². The van der Waals surface area contributed by atoms with Gasteiger partial charge in [-0.3, -0.25) is 9.97 Å². The molecule has 3 nitrogen and oxygen atoms in total. The van der Waals surface area contributed by atoms with Crippen LogP contribution in [0.25, 0.3) is 0 Å². The summed E-state index contributed by atoms with van der Waals surface area (Å²) in [6.07, 6.45) is 0. The van der Waals surface area contributed by atoms with E-state index < -0.39 is 0 Å². The molecule has 10 heavy (non-hydrogen) atoms. The minimum Gasteiger partial charge on any atom is -0.338 e. The van der Waals surface area contributed by atoms with Gasteiger partial charge in [-0.15, -0.1) is 0 Å². The third-order valence-corrected chi connectivity index (χ3v) is 0.905. The number of hydrogen-bond acceptors (Lipinski definition) is 3. The van der Waals surface area contributed by atoms with Crippen molar-refractivity contribution in [3.63, 3.8) is 0 Å². The number of aryl methyl sites for hydroxylation is 2. The Morgan fingerprint density at radius 2 is 1.40 bits per heavy atom. The quantitative estimate of drug-likeness (QED) is 0.304. The molecule has 0 amide bonds. The van der Waals surface area contributed by atoms with Gasteiger partial charge in [-0.25, -0.2) is 4.98 Å². The maximum absolute atomic E-state index is 3.97. The Morgan fingerprint density at radius 1 is 1.00 bits per heavy atom. The third kappa shape index (κ3) is 2.64. The van der Waals surface area contributed by atoms with Crippen molar-refractivity contribution in [3.05, 3.63) is 24.4 Å². The van der Waals surface area contributed by atoms with Crippen LogP contribution < -0.4 is 29.6 Å². The van der Waals surface area contributed by atoms with Gasteiger partial charge in [-0.1, -0.05) is 0 Å². The van der Waals surface area contributed by atoms with Gasteiger partial charge in [0.2, 0.25) is 0 Å². The van der Waals surface area contributed by atoms with Gasteiger partial charge in [0.05, 0.1) is 0 Å². The SMILES string of the molecule is [CH2-]c1nc(C)nc(C)n1.[Na+]. The molecule has 48 valence electrons. The zero-order valence-electron chi connectivity index (χ0n) is 6.55. The molecule has 0 fully saturated rings. The van der Waals surface area contributed by atoms with Crippen molar-refractivity contribution in [2.45, 2.75) is 13.8 Å². The molecular formula is C6H8N3Na. The number of aromatic nitrogens is 3. The summed E-state index contributed by atoms with van der Waals surface area (Å²) in [7, 11) is 0. The van der Waals surface area contributed by atoms with Crippen LogP contribution in [0.15, 0.2) is 0 Å². The maximum atomic E-state index is 3.97. The zero-order valence-corrected chi connectivity index (χ0v) is 8.55. The van der Waals surface area contributed by atoms with Crippen LogP contribution in [0, 0.1) is 20.8 Å². The topological polar surface area (TPSA) is 38.7 Å². The minimum atomic E-state index is 0. The molecule has 1 aromatic heterocycles. The number of hydrogen-bond donors (Lipinski definition) is 0. The molecule has 0 aromatic carbocycles. The fourth-order valence-electron chi connectivity index (χ4n) is 0.683. The molecule has 1 heterocycles. The Balaban J connectivity index is 0.000000810. The third-order valence-electron chi connectivity index (χ3n) is 0.905. The molecule has 0 aliphatic rings. The summed E-state index contributed by atoms with van der Waals surface area (Å²) < 4.78 is 0. The molecule has 0 aliphatic carbocycles. The van der Waals surface area contributed by atoms with Crippen molar-refractivity contribution in [1.29, 1.82) is 0 Å². The molecule has 0 unspecified atom stereocenters. The van der Waals surface area contributed by atoms with E-state index >= 15 is 0 Å². The van der Waals surface area contributed by atoms with Gasteiger partial charge >= 0.3 is 29.6 Å². The molecule has 0 saturated carbocycles. The van der Waals surface area contributed by atoms with Crippen LogP contribution in [0.2, 0.25) is 0 Å². The first-order valence-corrected chi connectivity index (χ1v) is 2.70. The molecule has 0 radical (unpaired) electrons. The molecule has 0 saturated heterocycles. The first-order chi connectivity index (χ1) is 4.18. The summed E-state index contributed by atoms with van der Waals surface area (Å²) in [6.45, 7) is 7.23. The Hall–Kier alpha value is -0.120. The van der Waals surface area contributed by atoms with E-state index in [4.69, 9.17) is 0 Å². The van der Waals surface area contributed by atoms with E-state index in [2.05, 4.69) is 21.9 Å². The average molecular weight is 145 g/mol. The maximum Gasteiger partial charge on any atom is 1.00 e. The molecule has 0 aliphatic heterocycles. The smallest absolute Gasteiger partial charge is 0.338 e. The first kappa shape index (κ1) is 9.88. The van der Waals surface area contributed by atoms with Crippen molar-refractivity contribution in [1.82, 2.24) is 15.0 Å². The van der Waals surface area contributed by atoms with Gasteiger partial charge in [0.25, 0.3) is 0 Å². The van der Waals surface area contributed by atoms with Crippen LogP contribution in [0.3, 0.4) is 0 Å². The van der Waals surface area contributed by atoms with Crippen LogP contribution in [0.1, 0.15) is 17.5 Å². The summed E-state index contributed by atoms with van der Waals surface area (Å²) in [4.78, 5) is 11.8. The van der Waals surface area contributed by atoms with Gasteiger partial charge in [-0.05, 0) is 19.7 Å². The molecule has 1 aromatic rings. The predicted molar refractivity (Wildman–Crippen MR) is 33.8 cm³/mol. The molecule has 0 spiro atoms. The molecule has 1 rings (SSSR count). The Morgan fingerprint density at radius 3 is 1.70 bits per heavy atom. The number of nitrogens with zero attached hydrogens (tertiary/aromatic N) is 3. The van der Waals surface area contributed by atoms with Crippen molar-refractivity contribution in [3.8, 4) is 0 Å². The normalized spacial score (nSPS) is 8.60. The zero-order chi connectivity index (χ0) is 6.85. The van der Waals surface area contributed by atoms with E-state index in [0.717, 1.165) is 11.6 Å². The first-order valence-electron chi connectivity index (χ1n) is 2.70. The van der Waals surface area contributed by atoms with E-state index in [1.54, 1.807) is 0 Å². The predicted octanol–water partition coefficient (Wildman–Crippen LogP) is -2.33. The van der Waals surface area contributed by atoms with Crippen LogP contribution in [-0.2, 0) is 0 Å². The van der Waals surface area contributed by atoms with Crippen molar-refractivity contribution in [2.24, 2.45) is 0 Å². The Kier molecular flexibility index (Phi) is 3.86. The van der Waals surface area contributed by atoms with E-state index in [1.165, 1.54) is 0 Å². The van der Waals surface area contributed by atoms with Crippen LogP contribution in [0.5, 0.6) is 0 Å². The molecule has 0 atom stereocenters. The molecule has 0 N–H and O–H groups in total. The van der Waals surface area contributed by atoms with Crippen LogP contribution in [-0.4, -0.2) is 15.0 Å². The molecule has 4 heteroatoms. The van der Waals surface area contributed by atoms with E-state index in [1.807, 2.05) is 13.8 Å². The van der Waals surface area contributed by atoms with Gasteiger partial charge < -0.3 is 6.92 Å². The minimum absolute atomic E-state index is 0. The average Bonchev–Trinajstić information content (AvgIpc) is 1.59. The standard InChI is InChI=1S/C6H8N3.Na/c1-4-7-5(2)9-6(3)8-4;/h1H2,2-3H3;/q-1;+1. The summed E-state index contributed by atoms with van der Waals surface area (Å²) in [5.74, 6) is 2.00. The summed E-state index contributed by atoms with van der Waals surface area (Å²) >= 11 is 0. The summed E-state index contributed by atoms with van der Waals surface area (Å²) in [5, 5.41) is 0. The van der Waals surface area contributed by atoms with Crippen LogP contribution >= 0.6 is 0 Å². The summed E-state index contributed by atoms with van der Waals surface area (Å²) in [5.41, 5.74) is 0. The molecule has 0 bridgehead atoms.